The number of ether oxygens (including phenoxy) is 1. The van der Waals surface area contributed by atoms with E-state index in [1.54, 1.807) is 7.11 Å². The Labute approximate surface area is 179 Å². The van der Waals surface area contributed by atoms with Crippen LogP contribution in [0.1, 0.15) is 16.7 Å². The van der Waals surface area contributed by atoms with Crippen LogP contribution in [0.15, 0.2) is 115 Å². The van der Waals surface area contributed by atoms with Gasteiger partial charge in [-0.3, -0.25) is 0 Å². The number of benzene rings is 3. The number of allylic oxidation sites excluding steroid dienone is 6. The smallest absolute Gasteiger partial charge is 0.123 e. The summed E-state index contributed by atoms with van der Waals surface area (Å²) in [6.07, 6.45) is 11.0. The number of fused-ring (bicyclic) bond motifs is 2. The van der Waals surface area contributed by atoms with Crippen molar-refractivity contribution in [3.63, 3.8) is 0 Å². The zero-order chi connectivity index (χ0) is 20.3. The van der Waals surface area contributed by atoms with Gasteiger partial charge in [-0.2, -0.15) is 0 Å². The summed E-state index contributed by atoms with van der Waals surface area (Å²) in [6.45, 7) is 0. The SMILES string of the molecule is COC1=CC2C=CC=CC2=C(c2cccc(Pc3ccccc3)c2)c2ccccc21. The first kappa shape index (κ1) is 18.9. The van der Waals surface area contributed by atoms with Gasteiger partial charge >= 0.3 is 0 Å². The molecule has 0 bridgehead atoms. The average molecular weight is 406 g/mol. The van der Waals surface area contributed by atoms with Crippen molar-refractivity contribution in [2.75, 3.05) is 7.11 Å². The second-order valence-corrected chi connectivity index (χ2v) is 8.86. The molecule has 0 aromatic heterocycles. The third-order valence-corrected chi connectivity index (χ3v) is 6.80. The lowest BCUT2D eigenvalue weighted by atomic mass is 9.85. The van der Waals surface area contributed by atoms with Gasteiger partial charge in [-0.25, -0.2) is 0 Å². The molecule has 0 radical (unpaired) electrons. The fourth-order valence-corrected chi connectivity index (χ4v) is 5.32. The molecule has 5 rings (SSSR count). The van der Waals surface area contributed by atoms with E-state index in [4.69, 9.17) is 4.74 Å². The minimum Gasteiger partial charge on any atom is -0.496 e. The van der Waals surface area contributed by atoms with Crippen LogP contribution in [0.5, 0.6) is 0 Å². The topological polar surface area (TPSA) is 9.23 Å². The Morgan fingerprint density at radius 1 is 0.767 bits per heavy atom. The fourth-order valence-electron chi connectivity index (χ4n) is 4.22. The van der Waals surface area contributed by atoms with Crippen LogP contribution in [0.3, 0.4) is 0 Å². The molecule has 0 amide bonds. The van der Waals surface area contributed by atoms with Crippen LogP contribution in [-0.2, 0) is 4.74 Å². The van der Waals surface area contributed by atoms with Crippen LogP contribution in [-0.4, -0.2) is 7.11 Å². The van der Waals surface area contributed by atoms with Crippen LogP contribution >= 0.6 is 8.58 Å². The summed E-state index contributed by atoms with van der Waals surface area (Å²) < 4.78 is 5.81. The van der Waals surface area contributed by atoms with Crippen LogP contribution in [0.25, 0.3) is 11.3 Å². The van der Waals surface area contributed by atoms with Crippen LogP contribution in [0, 0.1) is 5.92 Å². The molecule has 2 unspecified atom stereocenters. The van der Waals surface area contributed by atoms with E-state index in [1.165, 1.54) is 32.9 Å². The highest BCUT2D eigenvalue weighted by Crippen LogP contribution is 2.41. The molecular weight excluding hydrogens is 383 g/mol. The normalized spacial score (nSPS) is 17.5. The fraction of sp³-hybridized carbons (Fsp3) is 0.0714. The predicted molar refractivity (Wildman–Crippen MR) is 130 cm³/mol. The molecule has 0 saturated carbocycles. The monoisotopic (exact) mass is 406 g/mol. The first-order chi connectivity index (χ1) is 14.8. The Bertz CT molecular complexity index is 1200. The predicted octanol–water partition coefficient (Wildman–Crippen LogP) is 5.86. The zero-order valence-electron chi connectivity index (χ0n) is 16.9. The third kappa shape index (κ3) is 3.58. The molecule has 0 N–H and O–H groups in total. The minimum absolute atomic E-state index is 0.201. The van der Waals surface area contributed by atoms with Crippen molar-refractivity contribution in [2.45, 2.75) is 0 Å². The van der Waals surface area contributed by atoms with Gasteiger partial charge in [0, 0.05) is 11.5 Å². The average Bonchev–Trinajstić information content (AvgIpc) is 2.94. The largest absolute Gasteiger partial charge is 0.496 e. The van der Waals surface area contributed by atoms with E-state index in [1.807, 2.05) is 0 Å². The van der Waals surface area contributed by atoms with E-state index in [-0.39, 0.29) is 5.92 Å². The Hall–Kier alpha value is -3.15. The number of methoxy groups -OCH3 is 1. The van der Waals surface area contributed by atoms with Crippen LogP contribution in [0.4, 0.5) is 0 Å². The van der Waals surface area contributed by atoms with Crippen LogP contribution < -0.4 is 10.6 Å². The maximum atomic E-state index is 5.81. The van der Waals surface area contributed by atoms with E-state index in [2.05, 4.69) is 109 Å². The molecule has 3 aromatic rings. The molecule has 30 heavy (non-hydrogen) atoms. The van der Waals surface area contributed by atoms with Gasteiger partial charge in [-0.1, -0.05) is 106 Å². The standard InChI is InChI=1S/C28H23OP/c1-29-27-19-20-10-5-6-15-24(20)28(26-17-8-7-16-25(26)27)21-11-9-14-23(18-21)30-22-12-3-2-4-13-22/h2-20,30H,1H3. The van der Waals surface area contributed by atoms with Crippen molar-refractivity contribution in [1.82, 2.24) is 0 Å². The van der Waals surface area contributed by atoms with Gasteiger partial charge in [0.25, 0.3) is 0 Å². The molecule has 0 heterocycles. The summed E-state index contributed by atoms with van der Waals surface area (Å²) in [5.74, 6) is 1.14. The zero-order valence-corrected chi connectivity index (χ0v) is 17.9. The summed E-state index contributed by atoms with van der Waals surface area (Å²) >= 11 is 0. The van der Waals surface area contributed by atoms with Gasteiger partial charge in [0.1, 0.15) is 5.76 Å². The second-order valence-electron chi connectivity index (χ2n) is 7.45. The Morgan fingerprint density at radius 3 is 2.37 bits per heavy atom. The summed E-state index contributed by atoms with van der Waals surface area (Å²) in [4.78, 5) is 0. The highest BCUT2D eigenvalue weighted by Gasteiger charge is 2.25. The van der Waals surface area contributed by atoms with E-state index in [9.17, 15) is 0 Å². The van der Waals surface area contributed by atoms with Crippen LogP contribution in [0.2, 0.25) is 0 Å². The lowest BCUT2D eigenvalue weighted by Gasteiger charge is -2.19. The van der Waals surface area contributed by atoms with Crippen molar-refractivity contribution >= 4 is 30.5 Å². The maximum absolute atomic E-state index is 5.81. The van der Waals surface area contributed by atoms with Gasteiger partial charge in [-0.15, -0.1) is 0 Å². The van der Waals surface area contributed by atoms with Crippen molar-refractivity contribution in [3.05, 3.63) is 132 Å². The van der Waals surface area contributed by atoms with Gasteiger partial charge < -0.3 is 4.74 Å². The van der Waals surface area contributed by atoms with Gasteiger partial charge in [0.15, 0.2) is 0 Å². The summed E-state index contributed by atoms with van der Waals surface area (Å²) in [5.41, 5.74) is 6.24. The molecule has 1 nitrogen and oxygen atoms in total. The summed E-state index contributed by atoms with van der Waals surface area (Å²) in [7, 11) is 2.40. The lowest BCUT2D eigenvalue weighted by molar-refractivity contribution is 0.368. The number of hydrogen-bond donors (Lipinski definition) is 0. The highest BCUT2D eigenvalue weighted by molar-refractivity contribution is 7.55. The lowest BCUT2D eigenvalue weighted by Crippen LogP contribution is -2.06. The molecule has 0 fully saturated rings. The second kappa shape index (κ2) is 8.30. The molecule has 2 aliphatic rings. The van der Waals surface area contributed by atoms with Gasteiger partial charge in [0.05, 0.1) is 7.11 Å². The van der Waals surface area contributed by atoms with Crippen molar-refractivity contribution in [2.24, 2.45) is 5.92 Å². The third-order valence-electron chi connectivity index (χ3n) is 5.58. The van der Waals surface area contributed by atoms with Crippen molar-refractivity contribution in [1.29, 1.82) is 0 Å². The number of rotatable bonds is 4. The van der Waals surface area contributed by atoms with E-state index in [0.29, 0.717) is 8.58 Å². The Morgan fingerprint density at radius 2 is 1.53 bits per heavy atom. The molecule has 3 aromatic carbocycles. The van der Waals surface area contributed by atoms with Crippen molar-refractivity contribution in [3.8, 4) is 0 Å². The molecule has 2 aliphatic carbocycles. The maximum Gasteiger partial charge on any atom is 0.123 e. The molecule has 2 atom stereocenters. The van der Waals surface area contributed by atoms with Gasteiger partial charge in [0.2, 0.25) is 0 Å². The minimum atomic E-state index is 0.201. The van der Waals surface area contributed by atoms with Gasteiger partial charge in [-0.05, 0) is 45.0 Å². The Kier molecular flexibility index (Phi) is 5.22. The molecule has 0 aliphatic heterocycles. The first-order valence-electron chi connectivity index (χ1n) is 10.2. The molecule has 2 heteroatoms. The van der Waals surface area contributed by atoms with E-state index < -0.39 is 0 Å². The van der Waals surface area contributed by atoms with E-state index >= 15 is 0 Å². The first-order valence-corrected chi connectivity index (χ1v) is 11.2. The summed E-state index contributed by atoms with van der Waals surface area (Å²) in [6, 6.07) is 28.3. The molecule has 0 saturated heterocycles. The highest BCUT2D eigenvalue weighted by atomic mass is 31.1. The quantitative estimate of drug-likeness (QED) is 0.493. The molecule has 146 valence electrons. The Balaban J connectivity index is 1.67. The summed E-state index contributed by atoms with van der Waals surface area (Å²) in [5, 5.41) is 2.70. The molecule has 0 spiro atoms. The van der Waals surface area contributed by atoms with E-state index in [0.717, 1.165) is 11.3 Å². The number of hydrogen-bond acceptors (Lipinski definition) is 1. The van der Waals surface area contributed by atoms with Crippen molar-refractivity contribution < 1.29 is 4.74 Å². The molecular formula is C28H23OP.